The second-order valence-electron chi connectivity index (χ2n) is 3.91. The molecular weight excluding hydrogens is 260 g/mol. The maximum Gasteiger partial charge on any atom is 0.254 e. The van der Waals surface area contributed by atoms with Crippen LogP contribution in [0.3, 0.4) is 0 Å². The van der Waals surface area contributed by atoms with Gasteiger partial charge in [-0.05, 0) is 26.0 Å². The molecule has 0 unspecified atom stereocenters. The van der Waals surface area contributed by atoms with Crippen LogP contribution >= 0.6 is 0 Å². The molecule has 6 nitrogen and oxygen atoms in total. The predicted octanol–water partition coefficient (Wildman–Crippen LogP) is 2.15. The highest BCUT2D eigenvalue weighted by atomic mass is 16.5. The van der Waals surface area contributed by atoms with Crippen molar-refractivity contribution in [3.63, 3.8) is 0 Å². The highest BCUT2D eigenvalue weighted by molar-refractivity contribution is 5.96. The Hall–Kier alpha value is -2.33. The van der Waals surface area contributed by atoms with Crippen molar-refractivity contribution in [2.24, 2.45) is 4.99 Å². The Morgan fingerprint density at radius 2 is 1.90 bits per heavy atom. The van der Waals surface area contributed by atoms with Gasteiger partial charge in [0.15, 0.2) is 11.5 Å². The number of amides is 1. The summed E-state index contributed by atoms with van der Waals surface area (Å²) in [5, 5.41) is 0. The minimum Gasteiger partial charge on any atom is -0.493 e. The zero-order valence-corrected chi connectivity index (χ0v) is 12.1. The summed E-state index contributed by atoms with van der Waals surface area (Å²) >= 11 is 0. The largest absolute Gasteiger partial charge is 0.493 e. The molecule has 1 aromatic carbocycles. The van der Waals surface area contributed by atoms with Crippen molar-refractivity contribution in [2.75, 3.05) is 27.3 Å². The van der Waals surface area contributed by atoms with Crippen LogP contribution in [0.15, 0.2) is 17.1 Å². The third kappa shape index (κ3) is 3.16. The minimum absolute atomic E-state index is 0.154. The van der Waals surface area contributed by atoms with Crippen molar-refractivity contribution in [1.29, 1.82) is 0 Å². The zero-order valence-electron chi connectivity index (χ0n) is 12.1. The van der Waals surface area contributed by atoms with E-state index in [1.807, 2.05) is 13.8 Å². The molecule has 108 valence electrons. The van der Waals surface area contributed by atoms with E-state index < -0.39 is 0 Å². The van der Waals surface area contributed by atoms with E-state index in [2.05, 4.69) is 4.99 Å². The molecule has 1 rings (SSSR count). The van der Waals surface area contributed by atoms with E-state index >= 15 is 0 Å². The van der Waals surface area contributed by atoms with Crippen molar-refractivity contribution >= 4 is 17.7 Å². The molecule has 0 N–H and O–H groups in total. The maximum absolute atomic E-state index is 12.3. The van der Waals surface area contributed by atoms with Gasteiger partial charge in [-0.1, -0.05) is 0 Å². The number of isocyanates is 1. The number of ether oxygens (including phenoxy) is 2. The molecule has 1 amide bonds. The van der Waals surface area contributed by atoms with Crippen LogP contribution in [0.1, 0.15) is 24.2 Å². The minimum atomic E-state index is -0.154. The summed E-state index contributed by atoms with van der Waals surface area (Å²) in [6.45, 7) is 4.98. The highest BCUT2D eigenvalue weighted by Gasteiger charge is 2.19. The van der Waals surface area contributed by atoms with Crippen LogP contribution in [0, 0.1) is 0 Å². The molecule has 0 fully saturated rings. The monoisotopic (exact) mass is 278 g/mol. The summed E-state index contributed by atoms with van der Waals surface area (Å²) in [5.41, 5.74) is 0.609. The van der Waals surface area contributed by atoms with E-state index in [9.17, 15) is 9.59 Å². The first-order valence-electron chi connectivity index (χ1n) is 6.26. The van der Waals surface area contributed by atoms with Crippen molar-refractivity contribution < 1.29 is 19.1 Å². The van der Waals surface area contributed by atoms with Crippen LogP contribution < -0.4 is 9.47 Å². The lowest BCUT2D eigenvalue weighted by molar-refractivity contribution is 0.0772. The molecule has 0 aliphatic heterocycles. The van der Waals surface area contributed by atoms with Gasteiger partial charge in [0.05, 0.1) is 14.2 Å². The van der Waals surface area contributed by atoms with Crippen LogP contribution in [-0.2, 0) is 4.79 Å². The number of rotatable bonds is 6. The normalized spacial score (nSPS) is 9.60. The Morgan fingerprint density at radius 3 is 2.35 bits per heavy atom. The highest BCUT2D eigenvalue weighted by Crippen LogP contribution is 2.38. The van der Waals surface area contributed by atoms with E-state index in [0.29, 0.717) is 30.2 Å². The Balaban J connectivity index is 3.38. The Labute approximate surface area is 118 Å². The van der Waals surface area contributed by atoms with Crippen molar-refractivity contribution in [3.8, 4) is 11.5 Å². The van der Waals surface area contributed by atoms with Gasteiger partial charge in [-0.25, -0.2) is 4.79 Å². The van der Waals surface area contributed by atoms with Crippen molar-refractivity contribution in [1.82, 2.24) is 4.90 Å². The Bertz CT molecular complexity index is 532. The molecule has 0 spiro atoms. The fraction of sp³-hybridized carbons (Fsp3) is 0.429. The molecule has 0 saturated carbocycles. The quantitative estimate of drug-likeness (QED) is 0.590. The molecule has 0 aromatic heterocycles. The first-order valence-corrected chi connectivity index (χ1v) is 6.26. The van der Waals surface area contributed by atoms with Gasteiger partial charge in [0, 0.05) is 18.7 Å². The van der Waals surface area contributed by atoms with Gasteiger partial charge in [-0.2, -0.15) is 4.99 Å². The summed E-state index contributed by atoms with van der Waals surface area (Å²) in [6.07, 6.45) is 1.45. The van der Waals surface area contributed by atoms with Crippen molar-refractivity contribution in [3.05, 3.63) is 17.7 Å². The number of benzene rings is 1. The summed E-state index contributed by atoms with van der Waals surface area (Å²) in [5.74, 6) is 0.491. The van der Waals surface area contributed by atoms with Gasteiger partial charge < -0.3 is 14.4 Å². The molecule has 1 aromatic rings. The molecule has 0 bridgehead atoms. The number of nitrogens with zero attached hydrogens (tertiary/aromatic N) is 2. The lowest BCUT2D eigenvalue weighted by atomic mass is 10.1. The van der Waals surface area contributed by atoms with Gasteiger partial charge in [0.2, 0.25) is 6.08 Å². The predicted molar refractivity (Wildman–Crippen MR) is 74.6 cm³/mol. The summed E-state index contributed by atoms with van der Waals surface area (Å²) < 4.78 is 10.3. The number of hydrogen-bond acceptors (Lipinski definition) is 5. The zero-order chi connectivity index (χ0) is 15.1. The molecule has 0 saturated heterocycles. The van der Waals surface area contributed by atoms with Gasteiger partial charge >= 0.3 is 0 Å². The Morgan fingerprint density at radius 1 is 1.25 bits per heavy atom. The topological polar surface area (TPSA) is 68.2 Å². The molecule has 0 aliphatic rings. The van der Waals surface area contributed by atoms with Gasteiger partial charge in [0.1, 0.15) is 5.69 Å². The SMILES string of the molecule is CCN(CC)C(=O)c1cc(N=C=O)c(OC)c(OC)c1. The smallest absolute Gasteiger partial charge is 0.254 e. The van der Waals surface area contributed by atoms with Crippen LogP contribution in [-0.4, -0.2) is 44.2 Å². The average Bonchev–Trinajstić information content (AvgIpc) is 2.47. The van der Waals surface area contributed by atoms with E-state index in [1.54, 1.807) is 11.0 Å². The van der Waals surface area contributed by atoms with E-state index in [0.717, 1.165) is 0 Å². The van der Waals surface area contributed by atoms with E-state index in [1.165, 1.54) is 26.4 Å². The van der Waals surface area contributed by atoms with Crippen LogP contribution in [0.25, 0.3) is 0 Å². The summed E-state index contributed by atoms with van der Waals surface area (Å²) in [6, 6.07) is 3.07. The van der Waals surface area contributed by atoms with Crippen LogP contribution in [0.4, 0.5) is 5.69 Å². The number of carbonyl (C=O) groups is 1. The molecule has 0 atom stereocenters. The standard InChI is InChI=1S/C14H18N2O4/c1-5-16(6-2)14(18)10-7-11(15-9-17)13(20-4)12(8-10)19-3/h7-8H,5-6H2,1-4H3. The maximum atomic E-state index is 12.3. The Kier molecular flexibility index (Phi) is 5.74. The van der Waals surface area contributed by atoms with Gasteiger partial charge in [-0.3, -0.25) is 4.79 Å². The number of methoxy groups -OCH3 is 2. The third-order valence-electron chi connectivity index (χ3n) is 2.92. The number of carbonyl (C=O) groups excluding carboxylic acids is 2. The number of hydrogen-bond donors (Lipinski definition) is 0. The second-order valence-corrected chi connectivity index (χ2v) is 3.91. The average molecular weight is 278 g/mol. The lowest BCUT2D eigenvalue weighted by Crippen LogP contribution is -2.30. The molecule has 6 heteroatoms. The molecule has 0 aliphatic carbocycles. The number of aliphatic imine (C=N–C) groups is 1. The van der Waals surface area contributed by atoms with Crippen molar-refractivity contribution in [2.45, 2.75) is 13.8 Å². The molecular formula is C14H18N2O4. The fourth-order valence-electron chi connectivity index (χ4n) is 1.89. The van der Waals surface area contributed by atoms with Crippen LogP contribution in [0.2, 0.25) is 0 Å². The first-order chi connectivity index (χ1) is 9.62. The van der Waals surface area contributed by atoms with E-state index in [4.69, 9.17) is 9.47 Å². The molecule has 20 heavy (non-hydrogen) atoms. The molecule has 0 radical (unpaired) electrons. The van der Waals surface area contributed by atoms with Gasteiger partial charge in [0.25, 0.3) is 5.91 Å². The third-order valence-corrected chi connectivity index (χ3v) is 2.92. The lowest BCUT2D eigenvalue weighted by Gasteiger charge is -2.19. The first kappa shape index (κ1) is 15.7. The molecule has 0 heterocycles. The fourth-order valence-corrected chi connectivity index (χ4v) is 1.89. The summed E-state index contributed by atoms with van der Waals surface area (Å²) in [7, 11) is 2.89. The second kappa shape index (κ2) is 7.31. The summed E-state index contributed by atoms with van der Waals surface area (Å²) in [4.78, 5) is 28.0. The van der Waals surface area contributed by atoms with Gasteiger partial charge in [-0.15, -0.1) is 0 Å². The van der Waals surface area contributed by atoms with Crippen LogP contribution in [0.5, 0.6) is 11.5 Å². The van der Waals surface area contributed by atoms with E-state index in [-0.39, 0.29) is 11.6 Å².